The molecule has 0 atom stereocenters. The number of halogens is 4. The first kappa shape index (κ1) is 21.0. The topological polar surface area (TPSA) is 130 Å². The quantitative estimate of drug-likeness (QED) is 0.609. The highest BCUT2D eigenvalue weighted by Gasteiger charge is 2.32. The van der Waals surface area contributed by atoms with E-state index in [0.717, 1.165) is 0 Å². The van der Waals surface area contributed by atoms with Gasteiger partial charge < -0.3 is 14.9 Å². The van der Waals surface area contributed by atoms with Crippen molar-refractivity contribution >= 4 is 27.6 Å². The second kappa shape index (κ2) is 7.34. The van der Waals surface area contributed by atoms with E-state index in [1.54, 1.807) is 4.72 Å². The molecule has 13 heteroatoms. The third-order valence-corrected chi connectivity index (χ3v) is 4.47. The minimum absolute atomic E-state index is 0.432. The van der Waals surface area contributed by atoms with E-state index in [9.17, 15) is 35.6 Å². The number of sulfonamides is 1. The van der Waals surface area contributed by atoms with Crippen molar-refractivity contribution < 1.29 is 50.5 Å². The Bertz CT molecular complexity index is 1050. The molecule has 0 saturated heterocycles. The van der Waals surface area contributed by atoms with Gasteiger partial charge in [0.15, 0.2) is 0 Å². The van der Waals surface area contributed by atoms with Crippen LogP contribution in [0.4, 0.5) is 23.2 Å². The fourth-order valence-corrected chi connectivity index (χ4v) is 3.17. The number of benzene rings is 2. The lowest BCUT2D eigenvalue weighted by Gasteiger charge is -2.14. The zero-order valence-corrected chi connectivity index (χ0v) is 14.1. The van der Waals surface area contributed by atoms with Crippen molar-refractivity contribution in [2.24, 2.45) is 0 Å². The summed E-state index contributed by atoms with van der Waals surface area (Å²) < 4.78 is 80.2. The Morgan fingerprint density at radius 3 is 2.18 bits per heavy atom. The molecule has 0 saturated carbocycles. The Hall–Kier alpha value is -3.35. The van der Waals surface area contributed by atoms with E-state index in [2.05, 4.69) is 4.74 Å². The van der Waals surface area contributed by atoms with Gasteiger partial charge in [-0.2, -0.15) is 0 Å². The molecule has 2 rings (SSSR count). The summed E-state index contributed by atoms with van der Waals surface area (Å²) in [5.41, 5.74) is -2.23. The van der Waals surface area contributed by atoms with Crippen LogP contribution >= 0.6 is 0 Å². The van der Waals surface area contributed by atoms with Crippen molar-refractivity contribution in [3.8, 4) is 5.75 Å². The third-order valence-electron chi connectivity index (χ3n) is 3.13. The van der Waals surface area contributed by atoms with Crippen molar-refractivity contribution in [1.82, 2.24) is 0 Å². The Kier molecular flexibility index (Phi) is 5.50. The highest BCUT2D eigenvalue weighted by Crippen LogP contribution is 2.29. The number of aromatic carboxylic acids is 2. The SMILES string of the molecule is O=C(O)c1cc(F)cc(S(=O)(=O)Nc2ccc(OC(F)(F)F)cc2C(=O)O)c1. The predicted molar refractivity (Wildman–Crippen MR) is 84.3 cm³/mol. The number of hydrogen-bond acceptors (Lipinski definition) is 5. The van der Waals surface area contributed by atoms with Crippen LogP contribution in [0.1, 0.15) is 20.7 Å². The van der Waals surface area contributed by atoms with E-state index in [0.29, 0.717) is 36.4 Å². The fourth-order valence-electron chi connectivity index (χ4n) is 2.03. The molecular weight excluding hydrogens is 414 g/mol. The monoisotopic (exact) mass is 423 g/mol. The summed E-state index contributed by atoms with van der Waals surface area (Å²) in [5, 5.41) is 18.0. The lowest BCUT2D eigenvalue weighted by molar-refractivity contribution is -0.274. The molecule has 0 heterocycles. The summed E-state index contributed by atoms with van der Waals surface area (Å²) in [6, 6.07) is 3.45. The van der Waals surface area contributed by atoms with Crippen LogP contribution in [0.15, 0.2) is 41.3 Å². The van der Waals surface area contributed by atoms with Crippen molar-refractivity contribution in [3.63, 3.8) is 0 Å². The van der Waals surface area contributed by atoms with Crippen LogP contribution < -0.4 is 9.46 Å². The molecule has 0 aliphatic rings. The van der Waals surface area contributed by atoms with E-state index in [1.165, 1.54) is 0 Å². The lowest BCUT2D eigenvalue weighted by atomic mass is 10.2. The van der Waals surface area contributed by atoms with Gasteiger partial charge in [-0.25, -0.2) is 22.4 Å². The van der Waals surface area contributed by atoms with Gasteiger partial charge in [0.1, 0.15) is 11.6 Å². The molecular formula is C15H9F4NO7S. The normalized spacial score (nSPS) is 11.7. The van der Waals surface area contributed by atoms with Crippen LogP contribution in [0, 0.1) is 5.82 Å². The first-order chi connectivity index (χ1) is 12.8. The van der Waals surface area contributed by atoms with Gasteiger partial charge in [-0.05, 0) is 36.4 Å². The van der Waals surface area contributed by atoms with Gasteiger partial charge in [0.25, 0.3) is 10.0 Å². The van der Waals surface area contributed by atoms with Gasteiger partial charge in [-0.1, -0.05) is 0 Å². The molecule has 28 heavy (non-hydrogen) atoms. The standard InChI is InChI=1S/C15H9F4NO7S/c16-8-3-7(13(21)22)4-10(5-8)28(25,26)20-12-2-1-9(27-15(17,18)19)6-11(12)14(23)24/h1-6,20H,(H,21,22)(H,23,24). The molecule has 0 aliphatic heterocycles. The predicted octanol–water partition coefficient (Wildman–Crippen LogP) is 2.92. The number of ether oxygens (including phenoxy) is 1. The molecule has 0 spiro atoms. The first-order valence-corrected chi connectivity index (χ1v) is 8.46. The summed E-state index contributed by atoms with van der Waals surface area (Å²) >= 11 is 0. The van der Waals surface area contributed by atoms with Crippen LogP contribution in [-0.2, 0) is 10.0 Å². The number of rotatable bonds is 6. The van der Waals surface area contributed by atoms with E-state index < -0.39 is 61.6 Å². The average Bonchev–Trinajstić information content (AvgIpc) is 2.53. The lowest BCUT2D eigenvalue weighted by Crippen LogP contribution is -2.19. The first-order valence-electron chi connectivity index (χ1n) is 6.98. The fraction of sp³-hybridized carbons (Fsp3) is 0.0667. The summed E-state index contributed by atoms with van der Waals surface area (Å²) in [5.74, 6) is -5.49. The van der Waals surface area contributed by atoms with Crippen LogP contribution in [0.3, 0.4) is 0 Å². The van der Waals surface area contributed by atoms with Crippen LogP contribution in [0.5, 0.6) is 5.75 Å². The maximum atomic E-state index is 13.5. The van der Waals surface area contributed by atoms with Gasteiger partial charge in [0.05, 0.1) is 21.7 Å². The zero-order valence-electron chi connectivity index (χ0n) is 13.3. The number of anilines is 1. The van der Waals surface area contributed by atoms with Gasteiger partial charge in [-0.15, -0.1) is 13.2 Å². The molecule has 0 unspecified atom stereocenters. The third kappa shape index (κ3) is 5.09. The van der Waals surface area contributed by atoms with E-state index >= 15 is 0 Å². The highest BCUT2D eigenvalue weighted by atomic mass is 32.2. The van der Waals surface area contributed by atoms with Gasteiger partial charge >= 0.3 is 18.3 Å². The van der Waals surface area contributed by atoms with Gasteiger partial charge in [0.2, 0.25) is 0 Å². The summed E-state index contributed by atoms with van der Waals surface area (Å²) in [6.07, 6.45) is -5.11. The molecule has 0 aliphatic carbocycles. The van der Waals surface area contributed by atoms with Gasteiger partial charge in [-0.3, -0.25) is 4.72 Å². The summed E-state index contributed by atoms with van der Waals surface area (Å²) in [4.78, 5) is 21.3. The second-order valence-corrected chi connectivity index (χ2v) is 6.83. The van der Waals surface area contributed by atoms with Crippen molar-refractivity contribution in [3.05, 3.63) is 53.3 Å². The van der Waals surface area contributed by atoms with Crippen molar-refractivity contribution in [2.75, 3.05) is 4.72 Å². The smallest absolute Gasteiger partial charge is 0.478 e. The van der Waals surface area contributed by atoms with E-state index in [4.69, 9.17) is 10.2 Å². The molecule has 0 bridgehead atoms. The maximum Gasteiger partial charge on any atom is 0.573 e. The Balaban J connectivity index is 2.46. The van der Waals surface area contributed by atoms with Gasteiger partial charge in [0, 0.05) is 0 Å². The molecule has 2 aromatic rings. The number of alkyl halides is 3. The maximum absolute atomic E-state index is 13.5. The molecule has 0 amide bonds. The Morgan fingerprint density at radius 1 is 1.00 bits per heavy atom. The zero-order chi connectivity index (χ0) is 21.3. The molecule has 150 valence electrons. The summed E-state index contributed by atoms with van der Waals surface area (Å²) in [6.45, 7) is 0. The largest absolute Gasteiger partial charge is 0.573 e. The minimum atomic E-state index is -5.11. The van der Waals surface area contributed by atoms with Crippen LogP contribution in [-0.4, -0.2) is 36.9 Å². The summed E-state index contributed by atoms with van der Waals surface area (Å²) in [7, 11) is -4.68. The number of carbonyl (C=O) groups is 2. The molecule has 0 fully saturated rings. The van der Waals surface area contributed by atoms with Crippen molar-refractivity contribution in [1.29, 1.82) is 0 Å². The number of carboxylic acids is 2. The van der Waals surface area contributed by atoms with Crippen molar-refractivity contribution in [2.45, 2.75) is 11.3 Å². The average molecular weight is 423 g/mol. The number of hydrogen-bond donors (Lipinski definition) is 3. The number of carboxylic acid groups (broad SMARTS) is 2. The molecule has 0 radical (unpaired) electrons. The molecule has 0 aromatic heterocycles. The van der Waals surface area contributed by atoms with E-state index in [-0.39, 0.29) is 0 Å². The molecule has 8 nitrogen and oxygen atoms in total. The van der Waals surface area contributed by atoms with Crippen LogP contribution in [0.2, 0.25) is 0 Å². The highest BCUT2D eigenvalue weighted by molar-refractivity contribution is 7.92. The minimum Gasteiger partial charge on any atom is -0.478 e. The molecule has 3 N–H and O–H groups in total. The number of nitrogens with one attached hydrogen (secondary N) is 1. The Morgan fingerprint density at radius 2 is 1.64 bits per heavy atom. The van der Waals surface area contributed by atoms with E-state index in [1.807, 2.05) is 0 Å². The molecule has 2 aromatic carbocycles. The van der Waals surface area contributed by atoms with Crippen LogP contribution in [0.25, 0.3) is 0 Å². The Labute approximate surface area is 154 Å². The second-order valence-electron chi connectivity index (χ2n) is 5.15.